The van der Waals surface area contributed by atoms with Crippen molar-refractivity contribution in [1.29, 1.82) is 0 Å². The van der Waals surface area contributed by atoms with E-state index in [1.165, 1.54) is 45.1 Å². The van der Waals surface area contributed by atoms with Gasteiger partial charge in [0.25, 0.3) is 0 Å². The van der Waals surface area contributed by atoms with Crippen LogP contribution in [0, 0.1) is 11.3 Å². The van der Waals surface area contributed by atoms with Gasteiger partial charge in [-0.05, 0) is 56.9 Å². The molecule has 2 N–H and O–H groups in total. The lowest BCUT2D eigenvalue weighted by Gasteiger charge is -2.47. The Labute approximate surface area is 107 Å². The molecule has 2 rings (SSSR count). The van der Waals surface area contributed by atoms with E-state index in [2.05, 4.69) is 25.7 Å². The van der Waals surface area contributed by atoms with Crippen LogP contribution in [0.2, 0.25) is 0 Å². The third-order valence-corrected chi connectivity index (χ3v) is 5.01. The number of nitrogens with zero attached hydrogens (tertiary/aromatic N) is 1. The van der Waals surface area contributed by atoms with Gasteiger partial charge in [0.05, 0.1) is 0 Å². The summed E-state index contributed by atoms with van der Waals surface area (Å²) in [5.41, 5.74) is 6.42. The summed E-state index contributed by atoms with van der Waals surface area (Å²) in [6.07, 6.45) is 8.29. The minimum absolute atomic E-state index is 0.554. The number of likely N-dealkylation sites (tertiary alicyclic amines) is 1. The Kier molecular flexibility index (Phi) is 4.14. The van der Waals surface area contributed by atoms with Crippen LogP contribution < -0.4 is 5.73 Å². The highest BCUT2D eigenvalue weighted by Gasteiger charge is 2.35. The molecule has 1 heterocycles. The zero-order valence-electron chi connectivity index (χ0n) is 11.9. The fourth-order valence-corrected chi connectivity index (χ4v) is 3.85. The second kappa shape index (κ2) is 5.27. The van der Waals surface area contributed by atoms with Crippen LogP contribution in [0.5, 0.6) is 0 Å². The van der Waals surface area contributed by atoms with E-state index in [9.17, 15) is 0 Å². The molecule has 3 atom stereocenters. The van der Waals surface area contributed by atoms with Crippen LogP contribution in [0.25, 0.3) is 0 Å². The second-order valence-electron chi connectivity index (χ2n) is 7.14. The molecule has 1 saturated carbocycles. The third-order valence-electron chi connectivity index (χ3n) is 5.01. The zero-order valence-corrected chi connectivity index (χ0v) is 11.9. The molecule has 0 amide bonds. The molecule has 2 fully saturated rings. The van der Waals surface area contributed by atoms with Gasteiger partial charge >= 0.3 is 0 Å². The van der Waals surface area contributed by atoms with E-state index in [1.807, 2.05) is 0 Å². The molecule has 100 valence electrons. The Morgan fingerprint density at radius 3 is 2.65 bits per heavy atom. The van der Waals surface area contributed by atoms with Crippen molar-refractivity contribution in [2.75, 3.05) is 13.1 Å². The molecule has 2 nitrogen and oxygen atoms in total. The molecule has 2 aliphatic rings. The Balaban J connectivity index is 1.99. The van der Waals surface area contributed by atoms with Gasteiger partial charge in [-0.2, -0.15) is 0 Å². The molecular formula is C15H30N2. The van der Waals surface area contributed by atoms with E-state index >= 15 is 0 Å². The van der Waals surface area contributed by atoms with Gasteiger partial charge in [-0.15, -0.1) is 0 Å². The molecule has 0 spiro atoms. The largest absolute Gasteiger partial charge is 0.330 e. The highest BCUT2D eigenvalue weighted by atomic mass is 15.2. The first-order valence-corrected chi connectivity index (χ1v) is 7.47. The van der Waals surface area contributed by atoms with Crippen molar-refractivity contribution in [3.8, 4) is 0 Å². The average Bonchev–Trinajstić information content (AvgIpc) is 2.28. The predicted molar refractivity (Wildman–Crippen MR) is 74.0 cm³/mol. The molecule has 0 bridgehead atoms. The fourth-order valence-electron chi connectivity index (χ4n) is 3.85. The maximum atomic E-state index is 5.87. The minimum Gasteiger partial charge on any atom is -0.330 e. The van der Waals surface area contributed by atoms with E-state index < -0.39 is 0 Å². The second-order valence-corrected chi connectivity index (χ2v) is 7.14. The smallest absolute Gasteiger partial charge is 0.0103 e. The van der Waals surface area contributed by atoms with E-state index in [0.29, 0.717) is 5.41 Å². The van der Waals surface area contributed by atoms with Crippen LogP contribution in [0.4, 0.5) is 0 Å². The van der Waals surface area contributed by atoms with Gasteiger partial charge in [0.1, 0.15) is 0 Å². The monoisotopic (exact) mass is 238 g/mol. The molecule has 2 heteroatoms. The van der Waals surface area contributed by atoms with Gasteiger partial charge in [0.15, 0.2) is 0 Å². The first-order valence-electron chi connectivity index (χ1n) is 7.47. The lowest BCUT2D eigenvalue weighted by molar-refractivity contribution is 0.0266. The van der Waals surface area contributed by atoms with Gasteiger partial charge in [0.2, 0.25) is 0 Å². The highest BCUT2D eigenvalue weighted by Crippen LogP contribution is 2.39. The molecule has 1 aliphatic heterocycles. The Bertz CT molecular complexity index is 249. The minimum atomic E-state index is 0.554. The lowest BCUT2D eigenvalue weighted by atomic mass is 9.74. The summed E-state index contributed by atoms with van der Waals surface area (Å²) in [6, 6.07) is 1.60. The van der Waals surface area contributed by atoms with Crippen molar-refractivity contribution >= 4 is 0 Å². The van der Waals surface area contributed by atoms with Crippen molar-refractivity contribution < 1.29 is 0 Å². The molecule has 17 heavy (non-hydrogen) atoms. The van der Waals surface area contributed by atoms with Crippen molar-refractivity contribution in [2.45, 2.75) is 71.4 Å². The molecule has 1 aliphatic carbocycles. The number of hydrogen-bond acceptors (Lipinski definition) is 2. The van der Waals surface area contributed by atoms with Gasteiger partial charge < -0.3 is 5.73 Å². The summed E-state index contributed by atoms with van der Waals surface area (Å²) in [4.78, 5) is 2.78. The summed E-state index contributed by atoms with van der Waals surface area (Å²) in [5, 5.41) is 0. The molecule has 0 aromatic rings. The normalized spacial score (nSPS) is 39.2. The topological polar surface area (TPSA) is 29.3 Å². The van der Waals surface area contributed by atoms with E-state index in [4.69, 9.17) is 5.73 Å². The van der Waals surface area contributed by atoms with Gasteiger partial charge in [-0.3, -0.25) is 4.90 Å². The molecule has 0 radical (unpaired) electrons. The number of nitrogens with two attached hydrogens (primary N) is 1. The van der Waals surface area contributed by atoms with Gasteiger partial charge in [-0.25, -0.2) is 0 Å². The maximum absolute atomic E-state index is 5.87. The molecular weight excluding hydrogens is 208 g/mol. The van der Waals surface area contributed by atoms with E-state index in [-0.39, 0.29) is 0 Å². The first-order chi connectivity index (χ1) is 8.02. The maximum Gasteiger partial charge on any atom is 0.0103 e. The van der Waals surface area contributed by atoms with Crippen LogP contribution >= 0.6 is 0 Å². The average molecular weight is 238 g/mol. The molecule has 3 unspecified atom stereocenters. The number of hydrogen-bond donors (Lipinski definition) is 1. The molecule has 1 saturated heterocycles. The quantitative estimate of drug-likeness (QED) is 0.801. The number of piperidine rings is 1. The van der Waals surface area contributed by atoms with Crippen molar-refractivity contribution in [3.05, 3.63) is 0 Å². The van der Waals surface area contributed by atoms with Gasteiger partial charge in [0, 0.05) is 18.6 Å². The van der Waals surface area contributed by atoms with Crippen molar-refractivity contribution in [1.82, 2.24) is 4.90 Å². The first kappa shape index (κ1) is 13.4. The standard InChI is InChI=1S/C15H30N2/c1-12-6-7-13(10-16)11-17(12)14-5-4-8-15(2,3)9-14/h12-14H,4-11,16H2,1-3H3. The zero-order chi connectivity index (χ0) is 12.5. The van der Waals surface area contributed by atoms with E-state index in [0.717, 1.165) is 24.5 Å². The van der Waals surface area contributed by atoms with Crippen LogP contribution in [0.15, 0.2) is 0 Å². The van der Waals surface area contributed by atoms with Crippen LogP contribution in [0.3, 0.4) is 0 Å². The van der Waals surface area contributed by atoms with E-state index in [1.54, 1.807) is 0 Å². The van der Waals surface area contributed by atoms with Crippen LogP contribution in [-0.4, -0.2) is 30.1 Å². The SMILES string of the molecule is CC1CCC(CN)CN1C1CCCC(C)(C)C1. The Hall–Kier alpha value is -0.0800. The molecule has 0 aromatic carbocycles. The summed E-state index contributed by atoms with van der Waals surface area (Å²) in [5.74, 6) is 0.747. The summed E-state index contributed by atoms with van der Waals surface area (Å²) >= 11 is 0. The highest BCUT2D eigenvalue weighted by molar-refractivity contribution is 4.90. The van der Waals surface area contributed by atoms with Crippen molar-refractivity contribution in [3.63, 3.8) is 0 Å². The Morgan fingerprint density at radius 2 is 2.00 bits per heavy atom. The van der Waals surface area contributed by atoms with Crippen LogP contribution in [0.1, 0.15) is 59.3 Å². The number of rotatable bonds is 2. The Morgan fingerprint density at radius 1 is 1.24 bits per heavy atom. The summed E-state index contributed by atoms with van der Waals surface area (Å²) in [7, 11) is 0. The van der Waals surface area contributed by atoms with Crippen LogP contribution in [-0.2, 0) is 0 Å². The summed E-state index contributed by atoms with van der Waals surface area (Å²) < 4.78 is 0. The fraction of sp³-hybridized carbons (Fsp3) is 1.00. The summed E-state index contributed by atoms with van der Waals surface area (Å²) in [6.45, 7) is 9.41. The van der Waals surface area contributed by atoms with Crippen molar-refractivity contribution in [2.24, 2.45) is 17.1 Å². The lowest BCUT2D eigenvalue weighted by Crippen LogP contribution is -2.51. The van der Waals surface area contributed by atoms with Gasteiger partial charge in [-0.1, -0.05) is 20.3 Å². The third kappa shape index (κ3) is 3.23. The molecule has 0 aromatic heterocycles. The predicted octanol–water partition coefficient (Wildman–Crippen LogP) is 3.01.